The van der Waals surface area contributed by atoms with Gasteiger partial charge in [0.1, 0.15) is 0 Å². The molecule has 5 heteroatoms. The Morgan fingerprint density at radius 3 is 2.53 bits per heavy atom. The van der Waals surface area contributed by atoms with E-state index in [4.69, 9.17) is 11.5 Å². The minimum Gasteiger partial charge on any atom is -0.481 e. The van der Waals surface area contributed by atoms with E-state index in [0.717, 1.165) is 6.42 Å². The number of nitrogens with one attached hydrogen (secondary N) is 2. The van der Waals surface area contributed by atoms with Crippen molar-refractivity contribution in [3.05, 3.63) is 0 Å². The molecule has 96 valence electrons. The van der Waals surface area contributed by atoms with Crippen molar-refractivity contribution in [3.8, 4) is 12.3 Å². The first-order chi connectivity index (χ1) is 7.95. The summed E-state index contributed by atoms with van der Waals surface area (Å²) < 4.78 is 0. The number of rotatable bonds is 7. The highest BCUT2D eigenvalue weighted by molar-refractivity contribution is 5.74. The molecule has 17 heavy (non-hydrogen) atoms. The van der Waals surface area contributed by atoms with Gasteiger partial charge in [0.2, 0.25) is 0 Å². The molecule has 0 saturated carbocycles. The zero-order valence-electron chi connectivity index (χ0n) is 10.3. The van der Waals surface area contributed by atoms with Crippen LogP contribution in [0, 0.1) is 18.3 Å². The molecule has 2 atom stereocenters. The number of hydrogen-bond donors (Lipinski definition) is 3. The van der Waals surface area contributed by atoms with E-state index in [2.05, 4.69) is 16.6 Å². The van der Waals surface area contributed by atoms with Crippen molar-refractivity contribution in [1.29, 1.82) is 0 Å². The topological polar surface area (TPSA) is 78.4 Å². The maximum atomic E-state index is 11.2. The molecule has 0 heterocycles. The van der Waals surface area contributed by atoms with Crippen LogP contribution in [0.5, 0.6) is 0 Å². The Morgan fingerprint density at radius 1 is 1.35 bits per heavy atom. The van der Waals surface area contributed by atoms with Crippen LogP contribution < -0.4 is 10.6 Å². The molecule has 0 aliphatic heterocycles. The molecule has 0 fully saturated rings. The fourth-order valence-electron chi connectivity index (χ4n) is 1.24. The molecule has 0 saturated heterocycles. The lowest BCUT2D eigenvalue weighted by Crippen LogP contribution is -2.40. The summed E-state index contributed by atoms with van der Waals surface area (Å²) in [4.78, 5) is 21.6. The van der Waals surface area contributed by atoms with Gasteiger partial charge in [-0.25, -0.2) is 4.79 Å². The zero-order valence-corrected chi connectivity index (χ0v) is 10.3. The summed E-state index contributed by atoms with van der Waals surface area (Å²) in [6.07, 6.45) is 6.66. The highest BCUT2D eigenvalue weighted by Gasteiger charge is 2.07. The molecular weight excluding hydrogens is 220 g/mol. The fraction of sp³-hybridized carbons (Fsp3) is 0.667. The summed E-state index contributed by atoms with van der Waals surface area (Å²) in [6, 6.07) is -0.583. The number of amides is 2. The Labute approximate surface area is 102 Å². The van der Waals surface area contributed by atoms with Crippen molar-refractivity contribution in [1.82, 2.24) is 10.6 Å². The van der Waals surface area contributed by atoms with Crippen LogP contribution in [0.15, 0.2) is 0 Å². The van der Waals surface area contributed by atoms with E-state index in [9.17, 15) is 9.59 Å². The van der Waals surface area contributed by atoms with Crippen molar-refractivity contribution in [3.63, 3.8) is 0 Å². The minimum absolute atomic E-state index is 0.168. The van der Waals surface area contributed by atoms with Gasteiger partial charge in [0.05, 0.1) is 6.04 Å². The first kappa shape index (κ1) is 15.3. The molecule has 0 aliphatic carbocycles. The molecule has 0 rings (SSSR count). The van der Waals surface area contributed by atoms with Crippen LogP contribution >= 0.6 is 0 Å². The Hall–Kier alpha value is -1.70. The van der Waals surface area contributed by atoms with E-state index < -0.39 is 5.97 Å². The van der Waals surface area contributed by atoms with Gasteiger partial charge in [-0.05, 0) is 25.7 Å². The third-order valence-corrected chi connectivity index (χ3v) is 2.37. The fourth-order valence-corrected chi connectivity index (χ4v) is 1.24. The minimum atomic E-state index is -0.787. The van der Waals surface area contributed by atoms with E-state index in [1.54, 1.807) is 6.92 Å². The Balaban J connectivity index is 3.59. The maximum Gasteiger partial charge on any atom is 0.315 e. The highest BCUT2D eigenvalue weighted by atomic mass is 16.4. The number of hydrogen-bond acceptors (Lipinski definition) is 2. The smallest absolute Gasteiger partial charge is 0.315 e. The van der Waals surface area contributed by atoms with Crippen molar-refractivity contribution in [2.24, 2.45) is 5.92 Å². The second kappa shape index (κ2) is 8.45. The third kappa shape index (κ3) is 9.24. The zero-order chi connectivity index (χ0) is 13.3. The average Bonchev–Trinajstić information content (AvgIpc) is 2.26. The molecule has 0 spiro atoms. The van der Waals surface area contributed by atoms with Gasteiger partial charge in [-0.15, -0.1) is 6.42 Å². The van der Waals surface area contributed by atoms with E-state index >= 15 is 0 Å². The molecule has 2 amide bonds. The molecule has 0 aliphatic rings. The van der Waals surface area contributed by atoms with Crippen molar-refractivity contribution in [2.45, 2.75) is 39.2 Å². The van der Waals surface area contributed by atoms with E-state index in [1.165, 1.54) is 0 Å². The molecule has 0 radical (unpaired) electrons. The molecule has 2 unspecified atom stereocenters. The second-order valence-corrected chi connectivity index (χ2v) is 4.11. The number of carboxylic acid groups (broad SMARTS) is 1. The number of urea groups is 1. The molecule has 0 aromatic heterocycles. The summed E-state index contributed by atoms with van der Waals surface area (Å²) in [5.74, 6) is 1.88. The Bertz CT molecular complexity index is 297. The Morgan fingerprint density at radius 2 is 2.00 bits per heavy atom. The largest absolute Gasteiger partial charge is 0.481 e. The van der Waals surface area contributed by atoms with Gasteiger partial charge in [0.25, 0.3) is 0 Å². The summed E-state index contributed by atoms with van der Waals surface area (Å²) in [5.41, 5.74) is 0. The summed E-state index contributed by atoms with van der Waals surface area (Å²) in [6.45, 7) is 4.20. The third-order valence-electron chi connectivity index (χ3n) is 2.37. The lowest BCUT2D eigenvalue weighted by molar-refractivity contribution is -0.137. The van der Waals surface area contributed by atoms with E-state index in [1.807, 2.05) is 6.92 Å². The van der Waals surface area contributed by atoms with Crippen LogP contribution in [0.3, 0.4) is 0 Å². The number of carbonyl (C=O) groups excluding carboxylic acids is 1. The molecule has 0 aromatic rings. The van der Waals surface area contributed by atoms with E-state index in [-0.39, 0.29) is 24.4 Å². The average molecular weight is 240 g/mol. The summed E-state index contributed by atoms with van der Waals surface area (Å²) >= 11 is 0. The molecule has 0 bridgehead atoms. The predicted molar refractivity (Wildman–Crippen MR) is 65.5 cm³/mol. The number of carbonyl (C=O) groups is 2. The number of carboxylic acids is 1. The normalized spacial score (nSPS) is 13.2. The van der Waals surface area contributed by atoms with Crippen LogP contribution in [0.25, 0.3) is 0 Å². The van der Waals surface area contributed by atoms with Crippen LogP contribution in [-0.2, 0) is 4.79 Å². The molecular formula is C12H20N2O3. The van der Waals surface area contributed by atoms with Crippen LogP contribution in [0.1, 0.15) is 33.1 Å². The molecule has 5 nitrogen and oxygen atoms in total. The SMILES string of the molecule is C#CC(C)NC(=O)NCCC(C)CCC(=O)O. The molecule has 0 aromatic carbocycles. The van der Waals surface area contributed by atoms with Crippen molar-refractivity contribution in [2.75, 3.05) is 6.54 Å². The highest BCUT2D eigenvalue weighted by Crippen LogP contribution is 2.08. The van der Waals surface area contributed by atoms with Gasteiger partial charge in [-0.1, -0.05) is 12.8 Å². The van der Waals surface area contributed by atoms with Crippen LogP contribution in [-0.4, -0.2) is 29.7 Å². The first-order valence-corrected chi connectivity index (χ1v) is 5.68. The lowest BCUT2D eigenvalue weighted by atomic mass is 10.0. The predicted octanol–water partition coefficient (Wildman–Crippen LogP) is 1.20. The van der Waals surface area contributed by atoms with Crippen molar-refractivity contribution >= 4 is 12.0 Å². The Kier molecular flexibility index (Phi) is 7.61. The lowest BCUT2D eigenvalue weighted by Gasteiger charge is -2.12. The number of aliphatic carboxylic acids is 1. The van der Waals surface area contributed by atoms with Crippen LogP contribution in [0.4, 0.5) is 4.79 Å². The van der Waals surface area contributed by atoms with Crippen LogP contribution in [0.2, 0.25) is 0 Å². The quantitative estimate of drug-likeness (QED) is 0.585. The summed E-state index contributed by atoms with van der Waals surface area (Å²) in [5, 5.41) is 13.8. The van der Waals surface area contributed by atoms with Crippen molar-refractivity contribution < 1.29 is 14.7 Å². The molecule has 3 N–H and O–H groups in total. The van der Waals surface area contributed by atoms with Gasteiger partial charge in [0, 0.05) is 13.0 Å². The van der Waals surface area contributed by atoms with Gasteiger partial charge in [0.15, 0.2) is 0 Å². The van der Waals surface area contributed by atoms with Gasteiger partial charge in [-0.3, -0.25) is 4.79 Å². The second-order valence-electron chi connectivity index (χ2n) is 4.11. The standard InChI is InChI=1S/C12H20N2O3/c1-4-10(3)14-12(17)13-8-7-9(2)5-6-11(15)16/h1,9-10H,5-8H2,2-3H3,(H,15,16)(H2,13,14,17). The number of terminal acetylenes is 1. The first-order valence-electron chi connectivity index (χ1n) is 5.68. The van der Waals surface area contributed by atoms with Gasteiger partial charge >= 0.3 is 12.0 Å². The summed E-state index contributed by atoms with van der Waals surface area (Å²) in [7, 11) is 0. The maximum absolute atomic E-state index is 11.2. The monoisotopic (exact) mass is 240 g/mol. The van der Waals surface area contributed by atoms with Gasteiger partial charge in [-0.2, -0.15) is 0 Å². The van der Waals surface area contributed by atoms with E-state index in [0.29, 0.717) is 13.0 Å². The van der Waals surface area contributed by atoms with Gasteiger partial charge < -0.3 is 15.7 Å².